The predicted octanol–water partition coefficient (Wildman–Crippen LogP) is 2.61. The summed E-state index contributed by atoms with van der Waals surface area (Å²) in [6, 6.07) is 3.82. The van der Waals surface area contributed by atoms with E-state index in [-0.39, 0.29) is 5.60 Å². The Hall–Kier alpha value is -1.71. The summed E-state index contributed by atoms with van der Waals surface area (Å²) in [6.45, 7) is 5.83. The van der Waals surface area contributed by atoms with Crippen molar-refractivity contribution in [2.24, 2.45) is 5.16 Å². The number of fused-ring (bicyclic) bond motifs is 1. The molecule has 1 aliphatic heterocycles. The van der Waals surface area contributed by atoms with Crippen molar-refractivity contribution in [3.05, 3.63) is 23.3 Å². The first-order valence-corrected chi connectivity index (χ1v) is 5.56. The van der Waals surface area contributed by atoms with E-state index in [9.17, 15) is 0 Å². The molecule has 4 heteroatoms. The van der Waals surface area contributed by atoms with Crippen LogP contribution in [-0.2, 0) is 6.42 Å². The lowest BCUT2D eigenvalue weighted by Crippen LogP contribution is -2.24. The molecule has 0 saturated heterocycles. The zero-order chi connectivity index (χ0) is 12.6. The van der Waals surface area contributed by atoms with Crippen molar-refractivity contribution in [1.82, 2.24) is 0 Å². The Bertz CT molecular complexity index is 478. The van der Waals surface area contributed by atoms with Crippen LogP contribution in [0.4, 0.5) is 0 Å². The van der Waals surface area contributed by atoms with Gasteiger partial charge in [-0.3, -0.25) is 0 Å². The molecule has 4 nitrogen and oxygen atoms in total. The Morgan fingerprint density at radius 2 is 2.18 bits per heavy atom. The Morgan fingerprint density at radius 1 is 1.47 bits per heavy atom. The van der Waals surface area contributed by atoms with Crippen LogP contribution >= 0.6 is 0 Å². The molecular weight excluding hydrogens is 218 g/mol. The normalized spacial score (nSPS) is 17.5. The SMILES string of the molecule is COc1cc(C(C)=NO)cc2c1OC(C)(C)C2. The van der Waals surface area contributed by atoms with Crippen LogP contribution in [0.5, 0.6) is 11.5 Å². The van der Waals surface area contributed by atoms with E-state index in [1.54, 1.807) is 14.0 Å². The molecule has 17 heavy (non-hydrogen) atoms. The Labute approximate surface area is 101 Å². The van der Waals surface area contributed by atoms with E-state index < -0.39 is 0 Å². The molecule has 0 bridgehead atoms. The standard InChI is InChI=1S/C13H17NO3/c1-8(14-15)9-5-10-7-13(2,3)17-12(10)11(6-9)16-4/h5-6,15H,7H2,1-4H3. The van der Waals surface area contributed by atoms with E-state index in [0.29, 0.717) is 11.5 Å². The molecule has 0 spiro atoms. The zero-order valence-electron chi connectivity index (χ0n) is 10.6. The molecule has 92 valence electrons. The minimum atomic E-state index is -0.210. The Kier molecular flexibility index (Phi) is 2.73. The summed E-state index contributed by atoms with van der Waals surface area (Å²) in [6.07, 6.45) is 0.825. The number of benzene rings is 1. The molecule has 0 fully saturated rings. The molecular formula is C13H17NO3. The lowest BCUT2D eigenvalue weighted by molar-refractivity contribution is 0.134. The number of oxime groups is 1. The molecule has 0 atom stereocenters. The first-order chi connectivity index (χ1) is 7.96. The van der Waals surface area contributed by atoms with Gasteiger partial charge in [-0.1, -0.05) is 5.16 Å². The largest absolute Gasteiger partial charge is 0.493 e. The van der Waals surface area contributed by atoms with Crippen LogP contribution in [0.1, 0.15) is 31.9 Å². The lowest BCUT2D eigenvalue weighted by Gasteiger charge is -2.17. The zero-order valence-corrected chi connectivity index (χ0v) is 10.6. The number of rotatable bonds is 2. The van der Waals surface area contributed by atoms with Gasteiger partial charge >= 0.3 is 0 Å². The molecule has 0 aromatic heterocycles. The maximum Gasteiger partial charge on any atom is 0.165 e. The van der Waals surface area contributed by atoms with Gasteiger partial charge in [-0.25, -0.2) is 0 Å². The maximum atomic E-state index is 8.82. The molecule has 0 amide bonds. The summed E-state index contributed by atoms with van der Waals surface area (Å²) in [5.41, 5.74) is 2.30. The average molecular weight is 235 g/mol. The summed E-state index contributed by atoms with van der Waals surface area (Å²) in [7, 11) is 1.61. The average Bonchev–Trinajstić information content (AvgIpc) is 2.60. The van der Waals surface area contributed by atoms with Gasteiger partial charge in [-0.2, -0.15) is 0 Å². The molecule has 1 N–H and O–H groups in total. The van der Waals surface area contributed by atoms with Crippen LogP contribution < -0.4 is 9.47 Å². The van der Waals surface area contributed by atoms with Crippen LogP contribution in [0.2, 0.25) is 0 Å². The van der Waals surface area contributed by atoms with Crippen LogP contribution in [0, 0.1) is 0 Å². The topological polar surface area (TPSA) is 51.0 Å². The van der Waals surface area contributed by atoms with E-state index >= 15 is 0 Å². The van der Waals surface area contributed by atoms with Crippen LogP contribution in [0.25, 0.3) is 0 Å². The van der Waals surface area contributed by atoms with Crippen LogP contribution in [0.3, 0.4) is 0 Å². The Morgan fingerprint density at radius 3 is 2.76 bits per heavy atom. The number of nitrogens with zero attached hydrogens (tertiary/aromatic N) is 1. The molecule has 0 radical (unpaired) electrons. The molecule has 1 aromatic rings. The van der Waals surface area contributed by atoms with Crippen molar-refractivity contribution < 1.29 is 14.7 Å². The third-order valence-electron chi connectivity index (χ3n) is 2.91. The minimum absolute atomic E-state index is 0.210. The first-order valence-electron chi connectivity index (χ1n) is 5.56. The molecule has 0 unspecified atom stereocenters. The molecule has 1 heterocycles. The molecule has 1 aliphatic rings. The monoisotopic (exact) mass is 235 g/mol. The second kappa shape index (κ2) is 3.95. The summed E-state index contributed by atoms with van der Waals surface area (Å²) in [5.74, 6) is 1.48. The highest BCUT2D eigenvalue weighted by Gasteiger charge is 2.33. The van der Waals surface area contributed by atoms with Crippen molar-refractivity contribution in [3.8, 4) is 11.5 Å². The summed E-state index contributed by atoms with van der Waals surface area (Å²) in [5, 5.41) is 12.0. The van der Waals surface area contributed by atoms with Gasteiger partial charge in [-0.15, -0.1) is 0 Å². The summed E-state index contributed by atoms with van der Waals surface area (Å²) < 4.78 is 11.2. The Balaban J connectivity index is 2.53. The van der Waals surface area contributed by atoms with Crippen molar-refractivity contribution in [2.75, 3.05) is 7.11 Å². The second-order valence-electron chi connectivity index (χ2n) is 4.89. The highest BCUT2D eigenvalue weighted by molar-refractivity contribution is 5.99. The number of ether oxygens (including phenoxy) is 2. The van der Waals surface area contributed by atoms with Gasteiger partial charge in [0.1, 0.15) is 5.60 Å². The predicted molar refractivity (Wildman–Crippen MR) is 65.4 cm³/mol. The van der Waals surface area contributed by atoms with E-state index in [2.05, 4.69) is 5.16 Å². The van der Waals surface area contributed by atoms with Gasteiger partial charge < -0.3 is 14.7 Å². The van der Waals surface area contributed by atoms with Crippen molar-refractivity contribution in [2.45, 2.75) is 32.8 Å². The van der Waals surface area contributed by atoms with Crippen molar-refractivity contribution in [3.63, 3.8) is 0 Å². The van der Waals surface area contributed by atoms with Crippen molar-refractivity contribution >= 4 is 5.71 Å². The van der Waals surface area contributed by atoms with Gasteiger partial charge in [0.25, 0.3) is 0 Å². The summed E-state index contributed by atoms with van der Waals surface area (Å²) in [4.78, 5) is 0. The van der Waals surface area contributed by atoms with Gasteiger partial charge in [-0.05, 0) is 32.9 Å². The smallest absolute Gasteiger partial charge is 0.165 e. The van der Waals surface area contributed by atoms with Gasteiger partial charge in [0.15, 0.2) is 11.5 Å². The number of methoxy groups -OCH3 is 1. The quantitative estimate of drug-likeness (QED) is 0.487. The van der Waals surface area contributed by atoms with Crippen LogP contribution in [-0.4, -0.2) is 23.6 Å². The first kappa shape index (κ1) is 11.8. The van der Waals surface area contributed by atoms with Crippen molar-refractivity contribution in [1.29, 1.82) is 0 Å². The van der Waals surface area contributed by atoms with Gasteiger partial charge in [0, 0.05) is 17.5 Å². The fourth-order valence-corrected chi connectivity index (χ4v) is 2.10. The third kappa shape index (κ3) is 2.07. The molecule has 0 aliphatic carbocycles. The number of hydrogen-bond donors (Lipinski definition) is 1. The van der Waals surface area contributed by atoms with Gasteiger partial charge in [0.2, 0.25) is 0 Å². The molecule has 2 rings (SSSR count). The fourth-order valence-electron chi connectivity index (χ4n) is 2.10. The summed E-state index contributed by atoms with van der Waals surface area (Å²) >= 11 is 0. The molecule has 1 aromatic carbocycles. The lowest BCUT2D eigenvalue weighted by atomic mass is 9.99. The van der Waals surface area contributed by atoms with E-state index in [1.165, 1.54) is 0 Å². The van der Waals surface area contributed by atoms with E-state index in [0.717, 1.165) is 23.3 Å². The van der Waals surface area contributed by atoms with Gasteiger partial charge in [0.05, 0.1) is 12.8 Å². The fraction of sp³-hybridized carbons (Fsp3) is 0.462. The maximum absolute atomic E-state index is 8.82. The third-order valence-corrected chi connectivity index (χ3v) is 2.91. The van der Waals surface area contributed by atoms with E-state index in [4.69, 9.17) is 14.7 Å². The molecule has 0 saturated carbocycles. The highest BCUT2D eigenvalue weighted by atomic mass is 16.5. The minimum Gasteiger partial charge on any atom is -0.493 e. The number of hydrogen-bond acceptors (Lipinski definition) is 4. The van der Waals surface area contributed by atoms with E-state index in [1.807, 2.05) is 26.0 Å². The second-order valence-corrected chi connectivity index (χ2v) is 4.89. The highest BCUT2D eigenvalue weighted by Crippen LogP contribution is 2.42. The van der Waals surface area contributed by atoms with Crippen LogP contribution in [0.15, 0.2) is 17.3 Å².